The van der Waals surface area contributed by atoms with Crippen LogP contribution in [0.4, 0.5) is 0 Å². The second-order valence-corrected chi connectivity index (χ2v) is 10.2. The van der Waals surface area contributed by atoms with Gasteiger partial charge in [-0.25, -0.2) is 0 Å². The molecule has 33 heavy (non-hydrogen) atoms. The number of aromatic nitrogens is 1. The van der Waals surface area contributed by atoms with Crippen molar-refractivity contribution >= 4 is 21.8 Å². The Labute approximate surface area is 195 Å². The highest BCUT2D eigenvalue weighted by molar-refractivity contribution is 6.12. The minimum atomic E-state index is 0.445. The Kier molecular flexibility index (Phi) is 3.84. The van der Waals surface area contributed by atoms with E-state index in [-0.39, 0.29) is 0 Å². The first-order valence-electron chi connectivity index (χ1n) is 12.4. The van der Waals surface area contributed by atoms with Gasteiger partial charge in [-0.2, -0.15) is 0 Å². The minimum absolute atomic E-state index is 0.445. The predicted octanol–water partition coefficient (Wildman–Crippen LogP) is 9.03. The van der Waals surface area contributed by atoms with E-state index in [0.29, 0.717) is 17.9 Å². The summed E-state index contributed by atoms with van der Waals surface area (Å²) in [5.74, 6) is 0.889. The van der Waals surface area contributed by atoms with Gasteiger partial charge < -0.3 is 4.57 Å². The summed E-state index contributed by atoms with van der Waals surface area (Å²) in [5.41, 5.74) is 14.3. The van der Waals surface area contributed by atoms with E-state index < -0.39 is 0 Å². The lowest BCUT2D eigenvalue weighted by Gasteiger charge is -2.16. The van der Waals surface area contributed by atoms with Crippen LogP contribution in [0, 0.1) is 0 Å². The van der Waals surface area contributed by atoms with Crippen LogP contribution in [0.5, 0.6) is 0 Å². The molecule has 5 aromatic rings. The Morgan fingerprint density at radius 1 is 0.636 bits per heavy atom. The predicted molar refractivity (Wildman–Crippen MR) is 140 cm³/mol. The third-order valence-corrected chi connectivity index (χ3v) is 8.54. The minimum Gasteiger partial charge on any atom is -0.338 e. The van der Waals surface area contributed by atoms with Crippen molar-refractivity contribution in [1.29, 1.82) is 0 Å². The average Bonchev–Trinajstić information content (AvgIpc) is 3.43. The zero-order chi connectivity index (χ0) is 22.4. The standard InChI is InChI=1S/C32H29N/c1-5-18(2)33-31-16-27-23-12-8-6-10-21(23)19(3)25(27)14-29(31)30-15-26-20(4)22-11-7-9-13-24(22)28(26)17-32(30)33/h6-20H,5H2,1-4H3. The molecule has 2 aliphatic carbocycles. The van der Waals surface area contributed by atoms with E-state index in [4.69, 9.17) is 0 Å². The van der Waals surface area contributed by atoms with Gasteiger partial charge >= 0.3 is 0 Å². The monoisotopic (exact) mass is 427 g/mol. The Morgan fingerprint density at radius 3 is 1.55 bits per heavy atom. The molecule has 0 N–H and O–H groups in total. The van der Waals surface area contributed by atoms with Crippen molar-refractivity contribution in [2.24, 2.45) is 0 Å². The van der Waals surface area contributed by atoms with Crippen molar-refractivity contribution < 1.29 is 0 Å². The van der Waals surface area contributed by atoms with Crippen LogP contribution in [-0.2, 0) is 0 Å². The first kappa shape index (κ1) is 19.2. The SMILES string of the molecule is CCC(C)n1c2cc3c(cc2c2cc4c(cc21)-c1ccccc1C4C)C(C)c1ccccc1-3. The van der Waals surface area contributed by atoms with Gasteiger partial charge in [0.15, 0.2) is 0 Å². The Hall–Kier alpha value is -3.32. The largest absolute Gasteiger partial charge is 0.338 e. The van der Waals surface area contributed by atoms with Gasteiger partial charge in [-0.15, -0.1) is 0 Å². The highest BCUT2D eigenvalue weighted by Gasteiger charge is 2.30. The molecule has 0 fully saturated rings. The molecule has 0 radical (unpaired) electrons. The highest BCUT2D eigenvalue weighted by Crippen LogP contribution is 2.50. The van der Waals surface area contributed by atoms with Crippen LogP contribution >= 0.6 is 0 Å². The Balaban J connectivity index is 1.59. The van der Waals surface area contributed by atoms with Crippen LogP contribution in [0.3, 0.4) is 0 Å². The molecule has 3 unspecified atom stereocenters. The summed E-state index contributed by atoms with van der Waals surface area (Å²) in [6, 6.07) is 28.4. The van der Waals surface area contributed by atoms with Crippen LogP contribution in [0.25, 0.3) is 44.1 Å². The van der Waals surface area contributed by atoms with Gasteiger partial charge in [0.05, 0.1) is 0 Å². The first-order chi connectivity index (χ1) is 16.1. The normalized spacial score (nSPS) is 18.9. The van der Waals surface area contributed by atoms with Crippen molar-refractivity contribution in [3.05, 3.63) is 95.1 Å². The maximum atomic E-state index is 2.61. The average molecular weight is 428 g/mol. The lowest BCUT2D eigenvalue weighted by atomic mass is 9.95. The number of hydrogen-bond acceptors (Lipinski definition) is 0. The molecule has 0 saturated carbocycles. The van der Waals surface area contributed by atoms with Crippen molar-refractivity contribution in [3.63, 3.8) is 0 Å². The molecular weight excluding hydrogens is 398 g/mol. The highest BCUT2D eigenvalue weighted by atomic mass is 15.0. The summed E-state index contributed by atoms with van der Waals surface area (Å²) in [6.45, 7) is 9.39. The second-order valence-electron chi connectivity index (χ2n) is 10.2. The van der Waals surface area contributed by atoms with E-state index in [9.17, 15) is 0 Å². The van der Waals surface area contributed by atoms with Crippen molar-refractivity contribution in [1.82, 2.24) is 4.57 Å². The fourth-order valence-corrected chi connectivity index (χ4v) is 6.59. The fraction of sp³-hybridized carbons (Fsp3) is 0.250. The summed E-state index contributed by atoms with van der Waals surface area (Å²) in [5, 5.41) is 2.82. The van der Waals surface area contributed by atoms with Crippen LogP contribution in [0.1, 0.15) is 74.2 Å². The van der Waals surface area contributed by atoms with Gasteiger partial charge in [-0.1, -0.05) is 69.3 Å². The van der Waals surface area contributed by atoms with Crippen LogP contribution in [0.15, 0.2) is 72.8 Å². The lowest BCUT2D eigenvalue weighted by Crippen LogP contribution is -2.03. The molecule has 162 valence electrons. The smallest absolute Gasteiger partial charge is 0.0500 e. The summed E-state index contributed by atoms with van der Waals surface area (Å²) >= 11 is 0. The lowest BCUT2D eigenvalue weighted by molar-refractivity contribution is 0.563. The number of nitrogens with zero attached hydrogens (tertiary/aromatic N) is 1. The number of fused-ring (bicyclic) bond motifs is 9. The molecule has 3 atom stereocenters. The van der Waals surface area contributed by atoms with Gasteiger partial charge in [0.25, 0.3) is 0 Å². The van der Waals surface area contributed by atoms with E-state index in [1.807, 2.05) is 0 Å². The van der Waals surface area contributed by atoms with Crippen molar-refractivity contribution in [3.8, 4) is 22.3 Å². The van der Waals surface area contributed by atoms with Gasteiger partial charge in [-0.3, -0.25) is 0 Å². The van der Waals surface area contributed by atoms with E-state index in [0.717, 1.165) is 6.42 Å². The van der Waals surface area contributed by atoms with E-state index >= 15 is 0 Å². The Morgan fingerprint density at radius 2 is 1.09 bits per heavy atom. The molecule has 1 aromatic heterocycles. The molecule has 0 amide bonds. The van der Waals surface area contributed by atoms with Crippen LogP contribution in [0.2, 0.25) is 0 Å². The van der Waals surface area contributed by atoms with E-state index in [1.54, 1.807) is 0 Å². The third kappa shape index (κ3) is 2.38. The molecule has 4 aromatic carbocycles. The molecule has 0 bridgehead atoms. The number of hydrogen-bond donors (Lipinski definition) is 0. The molecule has 0 aliphatic heterocycles. The number of rotatable bonds is 2. The Bertz CT molecular complexity index is 1480. The molecule has 1 nitrogen and oxygen atoms in total. The molecule has 1 heteroatoms. The van der Waals surface area contributed by atoms with Crippen LogP contribution in [-0.4, -0.2) is 4.57 Å². The molecule has 0 spiro atoms. The number of benzene rings is 4. The third-order valence-electron chi connectivity index (χ3n) is 8.54. The first-order valence-corrected chi connectivity index (χ1v) is 12.4. The van der Waals surface area contributed by atoms with Gasteiger partial charge in [-0.05, 0) is 82.1 Å². The van der Waals surface area contributed by atoms with Crippen molar-refractivity contribution in [2.75, 3.05) is 0 Å². The summed E-state index contributed by atoms with van der Waals surface area (Å²) in [6.07, 6.45) is 1.12. The fourth-order valence-electron chi connectivity index (χ4n) is 6.59. The van der Waals surface area contributed by atoms with E-state index in [2.05, 4.69) is 105 Å². The molecule has 1 heterocycles. The molecule has 2 aliphatic rings. The van der Waals surface area contributed by atoms with E-state index in [1.165, 1.54) is 66.3 Å². The zero-order valence-electron chi connectivity index (χ0n) is 19.8. The van der Waals surface area contributed by atoms with Gasteiger partial charge in [0.2, 0.25) is 0 Å². The summed E-state index contributed by atoms with van der Waals surface area (Å²) in [7, 11) is 0. The van der Waals surface area contributed by atoms with Gasteiger partial charge in [0.1, 0.15) is 0 Å². The maximum absolute atomic E-state index is 2.61. The van der Waals surface area contributed by atoms with Crippen molar-refractivity contribution in [2.45, 2.75) is 52.0 Å². The second kappa shape index (κ2) is 6.60. The van der Waals surface area contributed by atoms with Crippen LogP contribution < -0.4 is 0 Å². The summed E-state index contributed by atoms with van der Waals surface area (Å²) < 4.78 is 2.61. The molecule has 7 rings (SSSR count). The quantitative estimate of drug-likeness (QED) is 0.265. The topological polar surface area (TPSA) is 4.93 Å². The summed E-state index contributed by atoms with van der Waals surface area (Å²) in [4.78, 5) is 0. The maximum Gasteiger partial charge on any atom is 0.0500 e. The zero-order valence-corrected chi connectivity index (χ0v) is 19.8. The van der Waals surface area contributed by atoms with Gasteiger partial charge in [0, 0.05) is 39.7 Å². The molecule has 0 saturated heterocycles. The molecular formula is C32H29N.